The highest BCUT2D eigenvalue weighted by Gasteiger charge is 2.39. The van der Waals surface area contributed by atoms with Crippen molar-refractivity contribution >= 4 is 11.8 Å². The van der Waals surface area contributed by atoms with Gasteiger partial charge in [-0.3, -0.25) is 9.59 Å². The maximum absolute atomic E-state index is 12.1. The molecule has 0 spiro atoms. The number of hydrogen-bond donors (Lipinski definition) is 3. The molecule has 0 aromatic heterocycles. The standard InChI is InChI=1S/C20H34O5/c1-2-3-6-10-16-17(19(23)14-18(16)22)13-12-15(21)9-7-4-5-8-11-20(24)25/h12-13,15-17,19,21,23H,2-11,14H2,1H3,(H,24,25)/b13-12+/t15-,16+,17-,19+/m1/s1. The number of aliphatic carboxylic acids is 1. The Morgan fingerprint density at radius 1 is 1.20 bits per heavy atom. The summed E-state index contributed by atoms with van der Waals surface area (Å²) >= 11 is 0. The van der Waals surface area contributed by atoms with Crippen LogP contribution in [0.25, 0.3) is 0 Å². The van der Waals surface area contributed by atoms with Crippen molar-refractivity contribution in [1.29, 1.82) is 0 Å². The molecule has 0 saturated heterocycles. The van der Waals surface area contributed by atoms with Gasteiger partial charge < -0.3 is 15.3 Å². The van der Waals surface area contributed by atoms with Crippen LogP contribution >= 0.6 is 0 Å². The first kappa shape index (κ1) is 21.8. The predicted molar refractivity (Wildman–Crippen MR) is 97.2 cm³/mol. The lowest BCUT2D eigenvalue weighted by molar-refractivity contribution is -0.137. The minimum Gasteiger partial charge on any atom is -0.481 e. The number of carbonyl (C=O) groups excluding carboxylic acids is 1. The van der Waals surface area contributed by atoms with E-state index in [1.807, 2.05) is 6.08 Å². The summed E-state index contributed by atoms with van der Waals surface area (Å²) in [5.41, 5.74) is 0. The molecule has 1 fully saturated rings. The summed E-state index contributed by atoms with van der Waals surface area (Å²) < 4.78 is 0. The van der Waals surface area contributed by atoms with Crippen molar-refractivity contribution < 1.29 is 24.9 Å². The first-order chi connectivity index (χ1) is 12.0. The number of carbonyl (C=O) groups is 2. The molecule has 144 valence electrons. The van der Waals surface area contributed by atoms with E-state index in [0.29, 0.717) is 12.8 Å². The van der Waals surface area contributed by atoms with Crippen molar-refractivity contribution in [2.75, 3.05) is 0 Å². The Labute approximate surface area is 151 Å². The Balaban J connectivity index is 2.33. The van der Waals surface area contributed by atoms with E-state index < -0.39 is 18.2 Å². The summed E-state index contributed by atoms with van der Waals surface area (Å²) in [5.74, 6) is -0.900. The highest BCUT2D eigenvalue weighted by atomic mass is 16.4. The number of aliphatic hydroxyl groups excluding tert-OH is 2. The molecule has 0 aromatic rings. The molecule has 25 heavy (non-hydrogen) atoms. The molecule has 0 aliphatic heterocycles. The summed E-state index contributed by atoms with van der Waals surface area (Å²) in [6.45, 7) is 2.13. The quantitative estimate of drug-likeness (QED) is 0.348. The molecule has 1 aliphatic carbocycles. The summed E-state index contributed by atoms with van der Waals surface area (Å²) in [6.07, 6.45) is 10.7. The van der Waals surface area contributed by atoms with Gasteiger partial charge in [0.15, 0.2) is 0 Å². The van der Waals surface area contributed by atoms with Crippen molar-refractivity contribution in [2.24, 2.45) is 11.8 Å². The number of Topliss-reactive ketones (excluding diaryl/α,β-unsaturated/α-hetero) is 1. The zero-order valence-corrected chi connectivity index (χ0v) is 15.4. The Bertz CT molecular complexity index is 432. The number of unbranched alkanes of at least 4 members (excludes halogenated alkanes) is 5. The van der Waals surface area contributed by atoms with E-state index in [4.69, 9.17) is 5.11 Å². The third-order valence-electron chi connectivity index (χ3n) is 5.05. The van der Waals surface area contributed by atoms with Gasteiger partial charge in [0.05, 0.1) is 12.2 Å². The van der Waals surface area contributed by atoms with Gasteiger partial charge >= 0.3 is 5.97 Å². The average molecular weight is 354 g/mol. The average Bonchev–Trinajstić information content (AvgIpc) is 2.82. The van der Waals surface area contributed by atoms with Crippen LogP contribution in [0.5, 0.6) is 0 Å². The summed E-state index contributed by atoms with van der Waals surface area (Å²) in [6, 6.07) is 0. The van der Waals surface area contributed by atoms with Crippen LogP contribution in [0.15, 0.2) is 12.2 Å². The number of aliphatic hydroxyl groups is 2. The van der Waals surface area contributed by atoms with Crippen LogP contribution in [0.4, 0.5) is 0 Å². The van der Waals surface area contributed by atoms with Crippen molar-refractivity contribution in [2.45, 2.75) is 89.8 Å². The molecule has 1 rings (SSSR count). The monoisotopic (exact) mass is 354 g/mol. The fraction of sp³-hybridized carbons (Fsp3) is 0.800. The van der Waals surface area contributed by atoms with Gasteiger partial charge in [-0.2, -0.15) is 0 Å². The van der Waals surface area contributed by atoms with Gasteiger partial charge in [0.2, 0.25) is 0 Å². The highest BCUT2D eigenvalue weighted by molar-refractivity contribution is 5.84. The lowest BCUT2D eigenvalue weighted by Gasteiger charge is -2.18. The number of ketones is 1. The van der Waals surface area contributed by atoms with Crippen LogP contribution in [-0.4, -0.2) is 39.3 Å². The molecular formula is C20H34O5. The van der Waals surface area contributed by atoms with E-state index in [9.17, 15) is 19.8 Å². The Kier molecular flexibility index (Phi) is 10.7. The van der Waals surface area contributed by atoms with Gasteiger partial charge in [0.25, 0.3) is 0 Å². The fourth-order valence-electron chi connectivity index (χ4n) is 3.54. The molecule has 5 heteroatoms. The van der Waals surface area contributed by atoms with Crippen LogP contribution in [0.1, 0.15) is 77.6 Å². The minimum atomic E-state index is -0.763. The number of hydrogen-bond acceptors (Lipinski definition) is 4. The Morgan fingerprint density at radius 3 is 2.60 bits per heavy atom. The van der Waals surface area contributed by atoms with Crippen LogP contribution < -0.4 is 0 Å². The van der Waals surface area contributed by atoms with Crippen molar-refractivity contribution in [3.63, 3.8) is 0 Å². The van der Waals surface area contributed by atoms with Gasteiger partial charge in [-0.1, -0.05) is 57.6 Å². The first-order valence-electron chi connectivity index (χ1n) is 9.74. The fourth-order valence-corrected chi connectivity index (χ4v) is 3.54. The number of carboxylic acids is 1. The third kappa shape index (κ3) is 8.63. The molecule has 0 aromatic carbocycles. The number of carboxylic acid groups (broad SMARTS) is 1. The second kappa shape index (κ2) is 12.2. The first-order valence-corrected chi connectivity index (χ1v) is 9.74. The Morgan fingerprint density at radius 2 is 1.92 bits per heavy atom. The summed E-state index contributed by atoms with van der Waals surface area (Å²) in [4.78, 5) is 22.5. The summed E-state index contributed by atoms with van der Waals surface area (Å²) in [5, 5.41) is 28.7. The zero-order valence-electron chi connectivity index (χ0n) is 15.4. The van der Waals surface area contributed by atoms with Crippen LogP contribution in [0.3, 0.4) is 0 Å². The lowest BCUT2D eigenvalue weighted by Crippen LogP contribution is -2.19. The molecule has 4 atom stereocenters. The minimum absolute atomic E-state index is 0.110. The van der Waals surface area contributed by atoms with Crippen LogP contribution in [-0.2, 0) is 9.59 Å². The largest absolute Gasteiger partial charge is 0.481 e. The topological polar surface area (TPSA) is 94.8 Å². The van der Waals surface area contributed by atoms with Crippen molar-refractivity contribution in [3.05, 3.63) is 12.2 Å². The molecule has 1 saturated carbocycles. The van der Waals surface area contributed by atoms with Gasteiger partial charge in [-0.15, -0.1) is 0 Å². The van der Waals surface area contributed by atoms with Gasteiger partial charge in [0.1, 0.15) is 5.78 Å². The Hall–Kier alpha value is -1.20. The van der Waals surface area contributed by atoms with E-state index in [2.05, 4.69) is 6.92 Å². The number of rotatable bonds is 13. The van der Waals surface area contributed by atoms with Gasteiger partial charge in [0, 0.05) is 24.7 Å². The molecule has 0 radical (unpaired) electrons. The normalized spacial score (nSPS) is 24.9. The molecule has 0 bridgehead atoms. The highest BCUT2D eigenvalue weighted by Crippen LogP contribution is 2.34. The van der Waals surface area contributed by atoms with E-state index in [-0.39, 0.29) is 30.5 Å². The molecular weight excluding hydrogens is 320 g/mol. The van der Waals surface area contributed by atoms with Gasteiger partial charge in [-0.05, 0) is 19.3 Å². The SMILES string of the molecule is CCCCC[C@@H]1C(=O)C[C@H](O)[C@@H]1/C=C/[C@H](O)CCCCCCC(=O)O. The van der Waals surface area contributed by atoms with Gasteiger partial charge in [-0.25, -0.2) is 0 Å². The van der Waals surface area contributed by atoms with E-state index in [0.717, 1.165) is 44.9 Å². The molecule has 3 N–H and O–H groups in total. The third-order valence-corrected chi connectivity index (χ3v) is 5.05. The summed E-state index contributed by atoms with van der Waals surface area (Å²) in [7, 11) is 0. The molecule has 0 amide bonds. The van der Waals surface area contributed by atoms with Crippen LogP contribution in [0.2, 0.25) is 0 Å². The molecule has 1 aliphatic rings. The van der Waals surface area contributed by atoms with Crippen molar-refractivity contribution in [1.82, 2.24) is 0 Å². The molecule has 0 heterocycles. The predicted octanol–water partition coefficient (Wildman–Crippen LogP) is 3.48. The van der Waals surface area contributed by atoms with E-state index >= 15 is 0 Å². The zero-order chi connectivity index (χ0) is 18.7. The second-order valence-electron chi connectivity index (χ2n) is 7.22. The maximum Gasteiger partial charge on any atom is 0.303 e. The second-order valence-corrected chi connectivity index (χ2v) is 7.22. The molecule has 0 unspecified atom stereocenters. The van der Waals surface area contributed by atoms with E-state index in [1.54, 1.807) is 6.08 Å². The van der Waals surface area contributed by atoms with Crippen LogP contribution in [0, 0.1) is 11.8 Å². The molecule has 5 nitrogen and oxygen atoms in total. The van der Waals surface area contributed by atoms with E-state index in [1.165, 1.54) is 0 Å². The maximum atomic E-state index is 12.1. The smallest absolute Gasteiger partial charge is 0.303 e. The lowest BCUT2D eigenvalue weighted by atomic mass is 9.88. The van der Waals surface area contributed by atoms with Crippen molar-refractivity contribution in [3.8, 4) is 0 Å².